The smallest absolute Gasteiger partial charge is 0.223 e. The first-order valence-corrected chi connectivity index (χ1v) is 7.07. The molecule has 110 valence electrons. The Kier molecular flexibility index (Phi) is 5.64. The van der Waals surface area contributed by atoms with E-state index in [-0.39, 0.29) is 31.0 Å². The van der Waals surface area contributed by atoms with E-state index in [1.807, 2.05) is 12.1 Å². The maximum absolute atomic E-state index is 11.7. The molecule has 0 aromatic heterocycles. The Morgan fingerprint density at radius 3 is 2.95 bits per heavy atom. The molecule has 0 spiro atoms. The van der Waals surface area contributed by atoms with Gasteiger partial charge in [-0.25, -0.2) is 0 Å². The summed E-state index contributed by atoms with van der Waals surface area (Å²) in [6.07, 6.45) is -0.115. The molecule has 0 radical (unpaired) electrons. The molecule has 1 saturated heterocycles. The lowest BCUT2D eigenvalue weighted by Crippen LogP contribution is -2.34. The first-order chi connectivity index (χ1) is 9.66. The number of halogens is 1. The van der Waals surface area contributed by atoms with Crippen LogP contribution in [0.2, 0.25) is 5.02 Å². The Balaban J connectivity index is 1.64. The van der Waals surface area contributed by atoms with E-state index in [0.717, 1.165) is 6.54 Å². The van der Waals surface area contributed by atoms with Gasteiger partial charge in [0.15, 0.2) is 0 Å². The second kappa shape index (κ2) is 7.47. The van der Waals surface area contributed by atoms with Gasteiger partial charge in [-0.15, -0.1) is 0 Å². The molecule has 5 nitrogen and oxygen atoms in total. The summed E-state index contributed by atoms with van der Waals surface area (Å²) in [6, 6.07) is 7.16. The van der Waals surface area contributed by atoms with Gasteiger partial charge in [-0.1, -0.05) is 23.7 Å². The zero-order valence-corrected chi connectivity index (χ0v) is 11.9. The van der Waals surface area contributed by atoms with Crippen LogP contribution in [0, 0.1) is 5.92 Å². The highest BCUT2D eigenvalue weighted by atomic mass is 35.5. The van der Waals surface area contributed by atoms with Gasteiger partial charge in [-0.05, 0) is 12.1 Å². The molecule has 1 fully saturated rings. The lowest BCUT2D eigenvalue weighted by Gasteiger charge is -2.14. The third-order valence-electron chi connectivity index (χ3n) is 3.29. The standard InChI is InChI=1S/C14H19ClN2O3/c15-11-3-1-2-4-13(11)20-6-5-14(19)17-8-10-7-16-9-12(10)18/h1-4,10,12,16,18H,5-9H2,(H,17,19). The average molecular weight is 299 g/mol. The van der Waals surface area contributed by atoms with Crippen molar-refractivity contribution in [3.8, 4) is 5.75 Å². The summed E-state index contributed by atoms with van der Waals surface area (Å²) in [7, 11) is 0. The van der Waals surface area contributed by atoms with Crippen molar-refractivity contribution in [1.82, 2.24) is 10.6 Å². The van der Waals surface area contributed by atoms with Gasteiger partial charge in [0.05, 0.1) is 24.2 Å². The van der Waals surface area contributed by atoms with Crippen LogP contribution >= 0.6 is 11.6 Å². The SMILES string of the molecule is O=C(CCOc1ccccc1Cl)NCC1CNCC1O. The van der Waals surface area contributed by atoms with Crippen LogP contribution in [0.5, 0.6) is 5.75 Å². The van der Waals surface area contributed by atoms with Crippen LogP contribution in [0.4, 0.5) is 0 Å². The third kappa shape index (κ3) is 4.37. The molecule has 3 N–H and O–H groups in total. The highest BCUT2D eigenvalue weighted by Crippen LogP contribution is 2.22. The molecular weight excluding hydrogens is 280 g/mol. The fraction of sp³-hybridized carbons (Fsp3) is 0.500. The Morgan fingerprint density at radius 2 is 2.25 bits per heavy atom. The average Bonchev–Trinajstić information content (AvgIpc) is 2.84. The van der Waals surface area contributed by atoms with Gasteiger partial charge in [-0.3, -0.25) is 4.79 Å². The number of β-amino-alcohol motifs (C(OH)–C–C–N with tert-alkyl or cyclic N) is 1. The first-order valence-electron chi connectivity index (χ1n) is 6.69. The Hall–Kier alpha value is -1.30. The maximum atomic E-state index is 11.7. The minimum absolute atomic E-state index is 0.0865. The highest BCUT2D eigenvalue weighted by Gasteiger charge is 2.24. The number of amides is 1. The molecule has 0 bridgehead atoms. The van der Waals surface area contributed by atoms with E-state index in [2.05, 4.69) is 10.6 Å². The van der Waals surface area contributed by atoms with Crippen molar-refractivity contribution < 1.29 is 14.6 Å². The number of aliphatic hydroxyl groups excluding tert-OH is 1. The number of rotatable bonds is 6. The summed E-state index contributed by atoms with van der Waals surface area (Å²) >= 11 is 5.94. The highest BCUT2D eigenvalue weighted by molar-refractivity contribution is 6.32. The van der Waals surface area contributed by atoms with Gasteiger partial charge in [0.1, 0.15) is 5.75 Å². The van der Waals surface area contributed by atoms with Gasteiger partial charge in [0.25, 0.3) is 0 Å². The fourth-order valence-electron chi connectivity index (χ4n) is 2.08. The van der Waals surface area contributed by atoms with Crippen molar-refractivity contribution >= 4 is 17.5 Å². The molecule has 1 aromatic rings. The Labute approximate surface area is 123 Å². The molecule has 1 aliphatic rings. The summed E-state index contributed by atoms with van der Waals surface area (Å²) in [4.78, 5) is 11.7. The van der Waals surface area contributed by atoms with Crippen LogP contribution in [0.3, 0.4) is 0 Å². The van der Waals surface area contributed by atoms with Crippen molar-refractivity contribution in [2.75, 3.05) is 26.2 Å². The summed E-state index contributed by atoms with van der Waals surface area (Å²) in [6.45, 7) is 2.09. The first kappa shape index (κ1) is 15.1. The topological polar surface area (TPSA) is 70.6 Å². The molecule has 2 unspecified atom stereocenters. The molecular formula is C14H19ClN2O3. The van der Waals surface area contributed by atoms with Crippen molar-refractivity contribution in [3.05, 3.63) is 29.3 Å². The zero-order valence-electron chi connectivity index (χ0n) is 11.1. The predicted octanol–water partition coefficient (Wildman–Crippen LogP) is 0.805. The summed E-state index contributed by atoms with van der Waals surface area (Å²) < 4.78 is 5.45. The lowest BCUT2D eigenvalue weighted by molar-refractivity contribution is -0.121. The van der Waals surface area contributed by atoms with Gasteiger partial charge in [-0.2, -0.15) is 0 Å². The second-order valence-corrected chi connectivity index (χ2v) is 5.23. The monoisotopic (exact) mass is 298 g/mol. The van der Waals surface area contributed by atoms with Crippen LogP contribution in [0.25, 0.3) is 0 Å². The summed E-state index contributed by atoms with van der Waals surface area (Å²) in [5.41, 5.74) is 0. The van der Waals surface area contributed by atoms with Crippen molar-refractivity contribution in [2.45, 2.75) is 12.5 Å². The molecule has 20 heavy (non-hydrogen) atoms. The fourth-order valence-corrected chi connectivity index (χ4v) is 2.27. The Bertz CT molecular complexity index is 456. The molecule has 2 atom stereocenters. The van der Waals surface area contributed by atoms with Gasteiger partial charge in [0, 0.05) is 25.6 Å². The number of carbonyl (C=O) groups is 1. The summed E-state index contributed by atoms with van der Waals surface area (Å²) in [5.74, 6) is 0.581. The molecule has 6 heteroatoms. The molecule has 0 aliphatic carbocycles. The number of benzene rings is 1. The van der Waals surface area contributed by atoms with Crippen molar-refractivity contribution in [1.29, 1.82) is 0 Å². The van der Waals surface area contributed by atoms with Gasteiger partial charge < -0.3 is 20.5 Å². The van der Waals surface area contributed by atoms with Crippen LogP contribution in [0.1, 0.15) is 6.42 Å². The van der Waals surface area contributed by atoms with E-state index in [9.17, 15) is 9.90 Å². The van der Waals surface area contributed by atoms with E-state index >= 15 is 0 Å². The van der Waals surface area contributed by atoms with Crippen molar-refractivity contribution in [3.63, 3.8) is 0 Å². The normalized spacial score (nSPS) is 21.7. The van der Waals surface area contributed by atoms with Crippen molar-refractivity contribution in [2.24, 2.45) is 5.92 Å². The van der Waals surface area contributed by atoms with E-state index in [4.69, 9.17) is 16.3 Å². The molecule has 1 aliphatic heterocycles. The number of nitrogens with one attached hydrogen (secondary N) is 2. The zero-order chi connectivity index (χ0) is 14.4. The number of ether oxygens (including phenoxy) is 1. The second-order valence-electron chi connectivity index (χ2n) is 4.82. The van der Waals surface area contributed by atoms with E-state index in [1.165, 1.54) is 0 Å². The Morgan fingerprint density at radius 1 is 1.45 bits per heavy atom. The minimum Gasteiger partial charge on any atom is -0.491 e. The number of hydrogen-bond donors (Lipinski definition) is 3. The van der Waals surface area contributed by atoms with Crippen LogP contribution in [-0.4, -0.2) is 43.4 Å². The number of aliphatic hydroxyl groups is 1. The van der Waals surface area contributed by atoms with E-state index < -0.39 is 0 Å². The van der Waals surface area contributed by atoms with Crippen LogP contribution < -0.4 is 15.4 Å². The maximum Gasteiger partial charge on any atom is 0.223 e. The number of para-hydroxylation sites is 1. The van der Waals surface area contributed by atoms with Crippen LogP contribution in [0.15, 0.2) is 24.3 Å². The molecule has 0 saturated carbocycles. The predicted molar refractivity (Wildman–Crippen MR) is 76.9 cm³/mol. The molecule has 1 amide bonds. The number of hydrogen-bond acceptors (Lipinski definition) is 4. The lowest BCUT2D eigenvalue weighted by atomic mass is 10.1. The number of carbonyl (C=O) groups excluding carboxylic acids is 1. The largest absolute Gasteiger partial charge is 0.491 e. The molecule has 1 aromatic carbocycles. The summed E-state index contributed by atoms with van der Waals surface area (Å²) in [5, 5.41) is 16.0. The van der Waals surface area contributed by atoms with Crippen LogP contribution in [-0.2, 0) is 4.79 Å². The van der Waals surface area contributed by atoms with E-state index in [0.29, 0.717) is 23.9 Å². The molecule has 2 rings (SSSR count). The van der Waals surface area contributed by atoms with E-state index in [1.54, 1.807) is 12.1 Å². The third-order valence-corrected chi connectivity index (χ3v) is 3.60. The quantitative estimate of drug-likeness (QED) is 0.727. The van der Waals surface area contributed by atoms with Gasteiger partial charge >= 0.3 is 0 Å². The minimum atomic E-state index is -0.380. The van der Waals surface area contributed by atoms with Gasteiger partial charge in [0.2, 0.25) is 5.91 Å². The molecule has 1 heterocycles.